The summed E-state index contributed by atoms with van der Waals surface area (Å²) in [6.07, 6.45) is -0.353. The third kappa shape index (κ3) is 2.98. The molecule has 0 radical (unpaired) electrons. The van der Waals surface area contributed by atoms with Gasteiger partial charge in [-0.05, 0) is 11.1 Å². The van der Waals surface area contributed by atoms with E-state index in [4.69, 9.17) is 0 Å². The fraction of sp³-hybridized carbons (Fsp3) is 0.700. The van der Waals surface area contributed by atoms with Crippen LogP contribution in [0.1, 0.15) is 13.8 Å². The van der Waals surface area contributed by atoms with Gasteiger partial charge in [-0.15, -0.1) is 5.73 Å². The number of hydrogen-bond donors (Lipinski definition) is 1. The molecule has 0 spiro atoms. The van der Waals surface area contributed by atoms with Gasteiger partial charge in [0.1, 0.15) is 0 Å². The fourth-order valence-corrected chi connectivity index (χ4v) is 2.90. The molecule has 1 nitrogen and oxygen atoms in total. The Morgan fingerprint density at radius 1 is 1.33 bits per heavy atom. The molecule has 0 amide bonds. The van der Waals surface area contributed by atoms with Gasteiger partial charge in [0.05, 0.1) is 14.2 Å². The average molecular weight is 184 g/mol. The van der Waals surface area contributed by atoms with Crippen molar-refractivity contribution in [2.24, 2.45) is 5.92 Å². The van der Waals surface area contributed by atoms with Crippen LogP contribution in [0.25, 0.3) is 0 Å². The third-order valence-electron chi connectivity index (χ3n) is 1.93. The van der Waals surface area contributed by atoms with Crippen LogP contribution in [0.4, 0.5) is 0 Å². The van der Waals surface area contributed by atoms with Gasteiger partial charge in [-0.3, -0.25) is 0 Å². The smallest absolute Gasteiger partial charge is 0.0857 e. The number of aliphatic hydroxyl groups is 1. The Kier molecular flexibility index (Phi) is 3.98. The van der Waals surface area contributed by atoms with Gasteiger partial charge in [0, 0.05) is 0 Å². The molecule has 0 saturated heterocycles. The highest BCUT2D eigenvalue weighted by Crippen LogP contribution is 2.21. The Balaban J connectivity index is 4.73. The molecule has 0 aromatic heterocycles. The van der Waals surface area contributed by atoms with Gasteiger partial charge in [-0.25, -0.2) is 0 Å². The minimum absolute atomic E-state index is 0.265. The quantitative estimate of drug-likeness (QED) is 0.528. The van der Waals surface area contributed by atoms with E-state index in [-0.39, 0.29) is 12.0 Å². The summed E-state index contributed by atoms with van der Waals surface area (Å²) in [6, 6.07) is 0. The zero-order chi connectivity index (χ0) is 9.94. The second kappa shape index (κ2) is 4.08. The zero-order valence-electron chi connectivity index (χ0n) is 8.81. The third-order valence-corrected chi connectivity index (χ3v) is 4.01. The van der Waals surface area contributed by atoms with E-state index in [2.05, 4.69) is 32.0 Å². The number of hydrogen-bond acceptors (Lipinski definition) is 1. The van der Waals surface area contributed by atoms with Crippen molar-refractivity contribution in [1.29, 1.82) is 0 Å². The monoisotopic (exact) mass is 184 g/mol. The molecule has 0 aromatic carbocycles. The molecule has 12 heavy (non-hydrogen) atoms. The lowest BCUT2D eigenvalue weighted by atomic mass is 10.1. The van der Waals surface area contributed by atoms with Crippen LogP contribution in [0, 0.1) is 5.92 Å². The molecule has 0 aliphatic carbocycles. The molecule has 70 valence electrons. The molecular weight excluding hydrogens is 164 g/mol. The van der Waals surface area contributed by atoms with Gasteiger partial charge in [-0.2, -0.15) is 0 Å². The lowest BCUT2D eigenvalue weighted by Crippen LogP contribution is -2.34. The predicted molar refractivity (Wildman–Crippen MR) is 56.8 cm³/mol. The Morgan fingerprint density at radius 3 is 1.83 bits per heavy atom. The summed E-state index contributed by atoms with van der Waals surface area (Å²) in [6.45, 7) is 14.3. The van der Waals surface area contributed by atoms with E-state index in [9.17, 15) is 5.11 Å². The molecular formula is C10H20OSi. The first-order chi connectivity index (χ1) is 5.30. The Labute approximate surface area is 76.8 Å². The molecule has 0 heterocycles. The van der Waals surface area contributed by atoms with E-state index >= 15 is 0 Å². The summed E-state index contributed by atoms with van der Waals surface area (Å²) in [5.74, 6) is 0.265. The van der Waals surface area contributed by atoms with E-state index in [0.29, 0.717) is 0 Å². The van der Waals surface area contributed by atoms with Crippen LogP contribution in [0.5, 0.6) is 0 Å². The van der Waals surface area contributed by atoms with Gasteiger partial charge in [-0.1, -0.05) is 40.1 Å². The van der Waals surface area contributed by atoms with Crippen molar-refractivity contribution in [1.82, 2.24) is 0 Å². The second-order valence-electron chi connectivity index (χ2n) is 4.53. The van der Waals surface area contributed by atoms with Crippen molar-refractivity contribution < 1.29 is 5.11 Å². The van der Waals surface area contributed by atoms with Crippen molar-refractivity contribution >= 4 is 8.07 Å². The minimum atomic E-state index is -1.42. The summed E-state index contributed by atoms with van der Waals surface area (Å²) in [4.78, 5) is 0. The average Bonchev–Trinajstić information content (AvgIpc) is 1.85. The maximum atomic E-state index is 9.82. The standard InChI is InChI=1S/C10H20OSi/c1-7-9(12(4,5)6)10(11)8(2)3/h8,10-11H,1H2,2-6H3/t10-/m1/s1. The van der Waals surface area contributed by atoms with Crippen LogP contribution < -0.4 is 0 Å². The van der Waals surface area contributed by atoms with Crippen molar-refractivity contribution in [3.8, 4) is 0 Å². The Bertz CT molecular complexity index is 194. The summed E-state index contributed by atoms with van der Waals surface area (Å²) in [5.41, 5.74) is 2.90. The Morgan fingerprint density at radius 2 is 1.75 bits per heavy atom. The minimum Gasteiger partial charge on any atom is -0.388 e. The Hall–Kier alpha value is -0.303. The van der Waals surface area contributed by atoms with Gasteiger partial charge in [0.2, 0.25) is 0 Å². The van der Waals surface area contributed by atoms with Gasteiger partial charge in [0.25, 0.3) is 0 Å². The summed E-state index contributed by atoms with van der Waals surface area (Å²) in [5, 5.41) is 10.9. The highest BCUT2D eigenvalue weighted by atomic mass is 28.3. The first kappa shape index (κ1) is 11.7. The van der Waals surface area contributed by atoms with Crippen LogP contribution in [0.2, 0.25) is 19.6 Å². The van der Waals surface area contributed by atoms with E-state index in [1.54, 1.807) is 0 Å². The molecule has 0 unspecified atom stereocenters. The molecule has 0 aromatic rings. The van der Waals surface area contributed by atoms with Crippen molar-refractivity contribution in [3.05, 3.63) is 17.5 Å². The lowest BCUT2D eigenvalue weighted by molar-refractivity contribution is 0.166. The molecule has 1 atom stereocenters. The summed E-state index contributed by atoms with van der Waals surface area (Å²) in [7, 11) is -1.42. The molecule has 0 bridgehead atoms. The maximum absolute atomic E-state index is 9.82. The van der Waals surface area contributed by atoms with E-state index < -0.39 is 8.07 Å². The van der Waals surface area contributed by atoms with Crippen molar-refractivity contribution in [2.45, 2.75) is 39.6 Å². The first-order valence-corrected chi connectivity index (χ1v) is 7.89. The van der Waals surface area contributed by atoms with Gasteiger partial charge in [0.15, 0.2) is 0 Å². The molecule has 2 heteroatoms. The van der Waals surface area contributed by atoms with Crippen LogP contribution >= 0.6 is 0 Å². The van der Waals surface area contributed by atoms with Crippen LogP contribution in [-0.2, 0) is 0 Å². The molecule has 0 saturated carbocycles. The largest absolute Gasteiger partial charge is 0.388 e. The van der Waals surface area contributed by atoms with E-state index in [1.807, 2.05) is 13.8 Å². The highest BCUT2D eigenvalue weighted by Gasteiger charge is 2.27. The normalized spacial score (nSPS) is 14.2. The maximum Gasteiger partial charge on any atom is 0.0857 e. The highest BCUT2D eigenvalue weighted by molar-refractivity contribution is 6.83. The molecule has 1 N–H and O–H groups in total. The molecule has 0 aliphatic heterocycles. The SMILES string of the molecule is C=C=C([C@H](O)C(C)C)[Si](C)(C)C. The van der Waals surface area contributed by atoms with Crippen molar-refractivity contribution in [3.63, 3.8) is 0 Å². The number of rotatable bonds is 3. The van der Waals surface area contributed by atoms with Gasteiger partial charge >= 0.3 is 0 Å². The zero-order valence-corrected chi connectivity index (χ0v) is 9.81. The topological polar surface area (TPSA) is 20.2 Å². The van der Waals surface area contributed by atoms with Crippen LogP contribution in [0.15, 0.2) is 17.5 Å². The lowest BCUT2D eigenvalue weighted by Gasteiger charge is -2.26. The van der Waals surface area contributed by atoms with E-state index in [1.165, 1.54) is 0 Å². The summed E-state index contributed by atoms with van der Waals surface area (Å²) < 4.78 is 0. The van der Waals surface area contributed by atoms with E-state index in [0.717, 1.165) is 5.20 Å². The number of aliphatic hydroxyl groups excluding tert-OH is 1. The fourth-order valence-electron chi connectivity index (χ4n) is 1.15. The molecule has 0 rings (SSSR count). The van der Waals surface area contributed by atoms with Gasteiger partial charge < -0.3 is 5.11 Å². The summed E-state index contributed by atoms with van der Waals surface area (Å²) >= 11 is 0. The van der Waals surface area contributed by atoms with Crippen LogP contribution in [0.3, 0.4) is 0 Å². The van der Waals surface area contributed by atoms with Crippen molar-refractivity contribution in [2.75, 3.05) is 0 Å². The predicted octanol–water partition coefficient (Wildman–Crippen LogP) is 2.59. The molecule has 0 fully saturated rings. The second-order valence-corrected chi connectivity index (χ2v) is 9.57. The van der Waals surface area contributed by atoms with Crippen LogP contribution in [-0.4, -0.2) is 19.3 Å². The molecule has 0 aliphatic rings. The first-order valence-electron chi connectivity index (χ1n) is 4.39.